The Hall–Kier alpha value is -1.02. The van der Waals surface area contributed by atoms with Gasteiger partial charge in [-0.25, -0.2) is 0 Å². The van der Waals surface area contributed by atoms with Crippen LogP contribution in [0.3, 0.4) is 0 Å². The second-order valence-corrected chi connectivity index (χ2v) is 5.58. The summed E-state index contributed by atoms with van der Waals surface area (Å²) in [6.45, 7) is 8.39. The number of benzene rings is 1. The van der Waals surface area contributed by atoms with Gasteiger partial charge in [-0.05, 0) is 25.1 Å². The SMILES string of the molecule is CCCCCCCN1CCN(c2ccccc2)CC1. The van der Waals surface area contributed by atoms with Crippen LogP contribution < -0.4 is 4.90 Å². The number of rotatable bonds is 7. The fraction of sp³-hybridized carbons (Fsp3) is 0.647. The van der Waals surface area contributed by atoms with Crippen LogP contribution in [0.25, 0.3) is 0 Å². The molecule has 1 aromatic rings. The van der Waals surface area contributed by atoms with Gasteiger partial charge in [-0.15, -0.1) is 0 Å². The zero-order valence-electron chi connectivity index (χ0n) is 12.4. The van der Waals surface area contributed by atoms with Gasteiger partial charge in [0.05, 0.1) is 0 Å². The van der Waals surface area contributed by atoms with Crippen molar-refractivity contribution in [3.63, 3.8) is 0 Å². The molecule has 2 rings (SSSR count). The Bertz CT molecular complexity index is 328. The lowest BCUT2D eigenvalue weighted by Crippen LogP contribution is -2.46. The van der Waals surface area contributed by atoms with E-state index in [-0.39, 0.29) is 0 Å². The van der Waals surface area contributed by atoms with Gasteiger partial charge < -0.3 is 4.90 Å². The third-order valence-corrected chi connectivity index (χ3v) is 4.07. The molecule has 1 saturated heterocycles. The van der Waals surface area contributed by atoms with Crippen molar-refractivity contribution in [2.24, 2.45) is 0 Å². The Labute approximate surface area is 118 Å². The van der Waals surface area contributed by atoms with E-state index in [1.165, 1.54) is 70.5 Å². The van der Waals surface area contributed by atoms with Gasteiger partial charge in [0.25, 0.3) is 0 Å². The van der Waals surface area contributed by atoms with Crippen LogP contribution in [-0.4, -0.2) is 37.6 Å². The second-order valence-electron chi connectivity index (χ2n) is 5.58. The summed E-state index contributed by atoms with van der Waals surface area (Å²) in [6.07, 6.45) is 6.95. The molecule has 1 aromatic carbocycles. The highest BCUT2D eigenvalue weighted by molar-refractivity contribution is 5.46. The maximum absolute atomic E-state index is 2.63. The second kappa shape index (κ2) is 8.21. The first-order valence-corrected chi connectivity index (χ1v) is 7.92. The summed E-state index contributed by atoms with van der Waals surface area (Å²) in [5, 5.41) is 0. The molecular weight excluding hydrogens is 232 g/mol. The van der Waals surface area contributed by atoms with Crippen LogP contribution in [0.15, 0.2) is 30.3 Å². The molecule has 1 fully saturated rings. The van der Waals surface area contributed by atoms with E-state index in [1.807, 2.05) is 0 Å². The van der Waals surface area contributed by atoms with E-state index in [1.54, 1.807) is 0 Å². The number of piperazine rings is 1. The monoisotopic (exact) mass is 260 g/mol. The molecular formula is C17H28N2. The molecule has 2 nitrogen and oxygen atoms in total. The minimum atomic E-state index is 1.18. The van der Waals surface area contributed by atoms with E-state index >= 15 is 0 Å². The Kier molecular flexibility index (Phi) is 6.22. The molecule has 1 heterocycles. The van der Waals surface area contributed by atoms with Crippen molar-refractivity contribution < 1.29 is 0 Å². The molecule has 19 heavy (non-hydrogen) atoms. The van der Waals surface area contributed by atoms with Crippen molar-refractivity contribution in [1.82, 2.24) is 4.90 Å². The van der Waals surface area contributed by atoms with Crippen LogP contribution in [0.5, 0.6) is 0 Å². The quantitative estimate of drug-likeness (QED) is 0.688. The summed E-state index contributed by atoms with van der Waals surface area (Å²) in [5.41, 5.74) is 1.38. The topological polar surface area (TPSA) is 6.48 Å². The number of anilines is 1. The number of hydrogen-bond donors (Lipinski definition) is 0. The molecule has 0 bridgehead atoms. The highest BCUT2D eigenvalue weighted by Crippen LogP contribution is 2.15. The molecule has 0 atom stereocenters. The fourth-order valence-corrected chi connectivity index (χ4v) is 2.81. The molecule has 1 aliphatic rings. The van der Waals surface area contributed by atoms with Crippen LogP contribution in [0.1, 0.15) is 39.0 Å². The zero-order valence-corrected chi connectivity index (χ0v) is 12.4. The molecule has 0 unspecified atom stereocenters. The zero-order chi connectivity index (χ0) is 13.3. The van der Waals surface area contributed by atoms with E-state index in [2.05, 4.69) is 47.1 Å². The number of unbranched alkanes of at least 4 members (excludes halogenated alkanes) is 4. The molecule has 0 spiro atoms. The van der Waals surface area contributed by atoms with E-state index in [0.717, 1.165) is 0 Å². The first-order chi connectivity index (χ1) is 9.40. The first-order valence-electron chi connectivity index (χ1n) is 7.92. The lowest BCUT2D eigenvalue weighted by molar-refractivity contribution is 0.252. The lowest BCUT2D eigenvalue weighted by Gasteiger charge is -2.36. The van der Waals surface area contributed by atoms with Gasteiger partial charge in [0.2, 0.25) is 0 Å². The molecule has 1 aliphatic heterocycles. The van der Waals surface area contributed by atoms with Gasteiger partial charge in [-0.3, -0.25) is 4.90 Å². The van der Waals surface area contributed by atoms with Gasteiger partial charge in [0.1, 0.15) is 0 Å². The maximum atomic E-state index is 2.63. The standard InChI is InChI=1S/C17H28N2/c1-2-3-4-5-9-12-18-13-15-19(16-14-18)17-10-7-6-8-11-17/h6-8,10-11H,2-5,9,12-16H2,1H3. The summed E-state index contributed by atoms with van der Waals surface area (Å²) in [5.74, 6) is 0. The van der Waals surface area contributed by atoms with Gasteiger partial charge in [-0.2, -0.15) is 0 Å². The van der Waals surface area contributed by atoms with Crippen LogP contribution >= 0.6 is 0 Å². The van der Waals surface area contributed by atoms with Gasteiger partial charge in [0.15, 0.2) is 0 Å². The van der Waals surface area contributed by atoms with E-state index in [4.69, 9.17) is 0 Å². The van der Waals surface area contributed by atoms with Gasteiger partial charge in [-0.1, -0.05) is 50.8 Å². The van der Waals surface area contributed by atoms with Crippen LogP contribution in [0.2, 0.25) is 0 Å². The summed E-state index contributed by atoms with van der Waals surface area (Å²) >= 11 is 0. The highest BCUT2D eigenvalue weighted by atomic mass is 15.3. The third kappa shape index (κ3) is 4.87. The normalized spacial score (nSPS) is 16.8. The summed E-state index contributed by atoms with van der Waals surface area (Å²) in [7, 11) is 0. The van der Waals surface area contributed by atoms with Crippen molar-refractivity contribution >= 4 is 5.69 Å². The number of para-hydroxylation sites is 1. The maximum Gasteiger partial charge on any atom is 0.0367 e. The number of hydrogen-bond acceptors (Lipinski definition) is 2. The molecule has 0 amide bonds. The van der Waals surface area contributed by atoms with E-state index < -0.39 is 0 Å². The minimum absolute atomic E-state index is 1.18. The molecule has 0 aromatic heterocycles. The largest absolute Gasteiger partial charge is 0.369 e. The summed E-state index contributed by atoms with van der Waals surface area (Å²) < 4.78 is 0. The predicted molar refractivity (Wildman–Crippen MR) is 83.9 cm³/mol. The average Bonchev–Trinajstić information content (AvgIpc) is 2.49. The Morgan fingerprint density at radius 3 is 2.21 bits per heavy atom. The van der Waals surface area contributed by atoms with E-state index in [0.29, 0.717) is 0 Å². The Morgan fingerprint density at radius 2 is 1.53 bits per heavy atom. The third-order valence-electron chi connectivity index (χ3n) is 4.07. The Morgan fingerprint density at radius 1 is 0.842 bits per heavy atom. The average molecular weight is 260 g/mol. The molecule has 0 radical (unpaired) electrons. The highest BCUT2D eigenvalue weighted by Gasteiger charge is 2.16. The first kappa shape index (κ1) is 14.4. The van der Waals surface area contributed by atoms with Crippen molar-refractivity contribution in [3.05, 3.63) is 30.3 Å². The van der Waals surface area contributed by atoms with E-state index in [9.17, 15) is 0 Å². The Balaban J connectivity index is 1.63. The minimum Gasteiger partial charge on any atom is -0.369 e. The van der Waals surface area contributed by atoms with Crippen LogP contribution in [0, 0.1) is 0 Å². The predicted octanol–water partition coefficient (Wildman–Crippen LogP) is 3.78. The van der Waals surface area contributed by atoms with Crippen molar-refractivity contribution in [2.45, 2.75) is 39.0 Å². The van der Waals surface area contributed by atoms with Gasteiger partial charge >= 0.3 is 0 Å². The molecule has 106 valence electrons. The molecule has 0 aliphatic carbocycles. The fourth-order valence-electron chi connectivity index (χ4n) is 2.81. The molecule has 0 N–H and O–H groups in total. The van der Waals surface area contributed by atoms with Crippen molar-refractivity contribution in [3.8, 4) is 0 Å². The molecule has 2 heteroatoms. The van der Waals surface area contributed by atoms with Gasteiger partial charge in [0, 0.05) is 31.9 Å². The number of nitrogens with zero attached hydrogens (tertiary/aromatic N) is 2. The smallest absolute Gasteiger partial charge is 0.0367 e. The lowest BCUT2D eigenvalue weighted by atomic mass is 10.1. The summed E-state index contributed by atoms with van der Waals surface area (Å²) in [4.78, 5) is 5.14. The summed E-state index contributed by atoms with van der Waals surface area (Å²) in [6, 6.07) is 10.8. The van der Waals surface area contributed by atoms with Crippen molar-refractivity contribution in [2.75, 3.05) is 37.6 Å². The van der Waals surface area contributed by atoms with Crippen molar-refractivity contribution in [1.29, 1.82) is 0 Å². The molecule has 0 saturated carbocycles. The van der Waals surface area contributed by atoms with Crippen LogP contribution in [-0.2, 0) is 0 Å². The van der Waals surface area contributed by atoms with Crippen LogP contribution in [0.4, 0.5) is 5.69 Å².